The van der Waals surface area contributed by atoms with Gasteiger partial charge in [0.15, 0.2) is 0 Å². The molecule has 0 radical (unpaired) electrons. The molecule has 24 heavy (non-hydrogen) atoms. The van der Waals surface area contributed by atoms with E-state index in [4.69, 9.17) is 5.21 Å². The number of rotatable bonds is 5. The van der Waals surface area contributed by atoms with Crippen LogP contribution in [-0.2, 0) is 6.42 Å². The highest BCUT2D eigenvalue weighted by atomic mass is 16.5. The molecule has 3 aromatic heterocycles. The molecule has 2 N–H and O–H groups in total. The van der Waals surface area contributed by atoms with Crippen LogP contribution >= 0.6 is 0 Å². The van der Waals surface area contributed by atoms with Crippen molar-refractivity contribution in [1.82, 2.24) is 25.4 Å². The van der Waals surface area contributed by atoms with Gasteiger partial charge in [-0.25, -0.2) is 15.4 Å². The zero-order chi connectivity index (χ0) is 16.8. The van der Waals surface area contributed by atoms with Gasteiger partial charge >= 0.3 is 0 Å². The third kappa shape index (κ3) is 3.58. The Hall–Kier alpha value is -3.19. The van der Waals surface area contributed by atoms with E-state index in [1.54, 1.807) is 17.9 Å². The van der Waals surface area contributed by atoms with E-state index in [1.807, 2.05) is 36.4 Å². The standard InChI is InChI=1S/C17H15N5O2/c23-17(22-24)12-10-20-16(21-11-12)9-13(14-5-1-3-7-18-14)15-6-2-4-8-19-15/h1-8,10-11,13,24H,9H2,(H,22,23). The van der Waals surface area contributed by atoms with Gasteiger partial charge in [0.25, 0.3) is 5.91 Å². The van der Waals surface area contributed by atoms with Crippen LogP contribution in [0.2, 0.25) is 0 Å². The minimum Gasteiger partial charge on any atom is -0.288 e. The van der Waals surface area contributed by atoms with Crippen LogP contribution in [0.1, 0.15) is 33.5 Å². The van der Waals surface area contributed by atoms with Crippen LogP contribution in [0.15, 0.2) is 61.2 Å². The zero-order valence-electron chi connectivity index (χ0n) is 12.7. The van der Waals surface area contributed by atoms with Gasteiger partial charge in [-0.3, -0.25) is 20.0 Å². The molecule has 0 saturated carbocycles. The fourth-order valence-electron chi connectivity index (χ4n) is 2.35. The molecule has 3 heterocycles. The average molecular weight is 321 g/mol. The van der Waals surface area contributed by atoms with Crippen LogP contribution in [-0.4, -0.2) is 31.1 Å². The molecule has 3 rings (SSSR count). The molecule has 0 aliphatic carbocycles. The SMILES string of the molecule is O=C(NO)c1cnc(CC(c2ccccn2)c2ccccn2)nc1. The number of aromatic nitrogens is 4. The normalized spacial score (nSPS) is 10.6. The van der Waals surface area contributed by atoms with Gasteiger partial charge in [0, 0.05) is 42.6 Å². The van der Waals surface area contributed by atoms with Gasteiger partial charge in [-0.15, -0.1) is 0 Å². The molecule has 0 spiro atoms. The summed E-state index contributed by atoms with van der Waals surface area (Å²) < 4.78 is 0. The summed E-state index contributed by atoms with van der Waals surface area (Å²) in [5.74, 6) is -0.178. The highest BCUT2D eigenvalue weighted by molar-refractivity contribution is 5.92. The summed E-state index contributed by atoms with van der Waals surface area (Å²) in [5.41, 5.74) is 3.49. The predicted molar refractivity (Wildman–Crippen MR) is 85.3 cm³/mol. The van der Waals surface area contributed by atoms with Gasteiger partial charge in [-0.1, -0.05) is 12.1 Å². The van der Waals surface area contributed by atoms with Crippen LogP contribution in [0.5, 0.6) is 0 Å². The van der Waals surface area contributed by atoms with Crippen molar-refractivity contribution in [3.05, 3.63) is 84.0 Å². The lowest BCUT2D eigenvalue weighted by molar-refractivity contribution is 0.0705. The van der Waals surface area contributed by atoms with Crippen LogP contribution in [0.25, 0.3) is 0 Å². The number of nitrogens with one attached hydrogen (secondary N) is 1. The smallest absolute Gasteiger partial charge is 0.277 e. The lowest BCUT2D eigenvalue weighted by Gasteiger charge is -2.15. The number of carbonyl (C=O) groups is 1. The quantitative estimate of drug-likeness (QED) is 0.548. The number of carbonyl (C=O) groups excluding carboxylic acids is 1. The second-order valence-electron chi connectivity index (χ2n) is 5.09. The minimum atomic E-state index is -0.646. The van der Waals surface area contributed by atoms with Crippen LogP contribution in [0, 0.1) is 0 Å². The molecule has 7 nitrogen and oxygen atoms in total. The molecule has 1 amide bonds. The Labute approximate surface area is 138 Å². The molecule has 0 aliphatic rings. The Morgan fingerprint density at radius 1 is 0.958 bits per heavy atom. The van der Waals surface area contributed by atoms with E-state index in [2.05, 4.69) is 19.9 Å². The second kappa shape index (κ2) is 7.38. The Balaban J connectivity index is 1.89. The van der Waals surface area contributed by atoms with Crippen LogP contribution < -0.4 is 5.48 Å². The molecule has 3 aromatic rings. The number of pyridine rings is 2. The maximum absolute atomic E-state index is 11.3. The Morgan fingerprint density at radius 3 is 2.00 bits per heavy atom. The van der Waals surface area contributed by atoms with Crippen molar-refractivity contribution in [2.45, 2.75) is 12.3 Å². The summed E-state index contributed by atoms with van der Waals surface area (Å²) in [5, 5.41) is 8.63. The summed E-state index contributed by atoms with van der Waals surface area (Å²) in [6, 6.07) is 11.4. The van der Waals surface area contributed by atoms with Crippen molar-refractivity contribution in [3.63, 3.8) is 0 Å². The van der Waals surface area contributed by atoms with Gasteiger partial charge in [0.1, 0.15) is 5.82 Å². The first-order valence-corrected chi connectivity index (χ1v) is 7.35. The maximum Gasteiger partial charge on any atom is 0.277 e. The third-order valence-corrected chi connectivity index (χ3v) is 3.55. The second-order valence-corrected chi connectivity index (χ2v) is 5.09. The largest absolute Gasteiger partial charge is 0.288 e. The molecule has 0 saturated heterocycles. The molecule has 0 aromatic carbocycles. The molecule has 0 unspecified atom stereocenters. The van der Waals surface area contributed by atoms with Gasteiger partial charge in [0.05, 0.1) is 11.5 Å². The van der Waals surface area contributed by atoms with Gasteiger partial charge < -0.3 is 0 Å². The van der Waals surface area contributed by atoms with E-state index < -0.39 is 5.91 Å². The van der Waals surface area contributed by atoms with Crippen LogP contribution in [0.4, 0.5) is 0 Å². The van der Waals surface area contributed by atoms with Crippen LogP contribution in [0.3, 0.4) is 0 Å². The van der Waals surface area contributed by atoms with E-state index >= 15 is 0 Å². The fourth-order valence-corrected chi connectivity index (χ4v) is 2.35. The topological polar surface area (TPSA) is 101 Å². The van der Waals surface area contributed by atoms with E-state index in [1.165, 1.54) is 12.4 Å². The maximum atomic E-state index is 11.3. The summed E-state index contributed by atoms with van der Waals surface area (Å²) in [6.45, 7) is 0. The number of hydroxylamine groups is 1. The first-order valence-electron chi connectivity index (χ1n) is 7.35. The molecule has 0 fully saturated rings. The number of hydrogen-bond acceptors (Lipinski definition) is 6. The van der Waals surface area contributed by atoms with Crippen molar-refractivity contribution < 1.29 is 10.0 Å². The molecular weight excluding hydrogens is 306 g/mol. The molecule has 120 valence electrons. The summed E-state index contributed by atoms with van der Waals surface area (Å²) in [6.07, 6.45) is 6.72. The first-order chi connectivity index (χ1) is 11.8. The Bertz CT molecular complexity index is 755. The zero-order valence-corrected chi connectivity index (χ0v) is 12.7. The van der Waals surface area contributed by atoms with Crippen molar-refractivity contribution in [2.75, 3.05) is 0 Å². The lowest BCUT2D eigenvalue weighted by atomic mass is 9.95. The third-order valence-electron chi connectivity index (χ3n) is 3.55. The van der Waals surface area contributed by atoms with Gasteiger partial charge in [0.2, 0.25) is 0 Å². The van der Waals surface area contributed by atoms with Crippen molar-refractivity contribution in [3.8, 4) is 0 Å². The number of nitrogens with zero attached hydrogens (tertiary/aromatic N) is 4. The fraction of sp³-hybridized carbons (Fsp3) is 0.118. The first kappa shape index (κ1) is 15.7. The van der Waals surface area contributed by atoms with Crippen molar-refractivity contribution in [2.24, 2.45) is 0 Å². The van der Waals surface area contributed by atoms with E-state index in [0.717, 1.165) is 11.4 Å². The molecular formula is C17H15N5O2. The summed E-state index contributed by atoms with van der Waals surface area (Å²) in [7, 11) is 0. The summed E-state index contributed by atoms with van der Waals surface area (Å²) in [4.78, 5) is 28.6. The molecule has 0 bridgehead atoms. The van der Waals surface area contributed by atoms with E-state index in [-0.39, 0.29) is 11.5 Å². The predicted octanol–water partition coefficient (Wildman–Crippen LogP) is 1.76. The molecule has 0 atom stereocenters. The lowest BCUT2D eigenvalue weighted by Crippen LogP contribution is -2.19. The van der Waals surface area contributed by atoms with E-state index in [9.17, 15) is 4.79 Å². The van der Waals surface area contributed by atoms with Crippen molar-refractivity contribution >= 4 is 5.91 Å². The van der Waals surface area contributed by atoms with Crippen molar-refractivity contribution in [1.29, 1.82) is 0 Å². The molecule has 0 aliphatic heterocycles. The van der Waals surface area contributed by atoms with Gasteiger partial charge in [-0.05, 0) is 24.3 Å². The Morgan fingerprint density at radius 2 is 1.54 bits per heavy atom. The minimum absolute atomic E-state index is 0.0927. The highest BCUT2D eigenvalue weighted by Crippen LogP contribution is 2.24. The van der Waals surface area contributed by atoms with E-state index in [0.29, 0.717) is 12.2 Å². The number of amides is 1. The average Bonchev–Trinajstić information content (AvgIpc) is 2.67. The highest BCUT2D eigenvalue weighted by Gasteiger charge is 2.19. The Kier molecular flexibility index (Phi) is 4.83. The molecule has 7 heteroatoms. The van der Waals surface area contributed by atoms with Gasteiger partial charge in [-0.2, -0.15) is 0 Å². The number of hydrogen-bond donors (Lipinski definition) is 2. The summed E-state index contributed by atoms with van der Waals surface area (Å²) >= 11 is 0. The monoisotopic (exact) mass is 321 g/mol.